The molecule has 1 amide bonds. The summed E-state index contributed by atoms with van der Waals surface area (Å²) >= 11 is 1.77. The van der Waals surface area contributed by atoms with E-state index in [1.807, 2.05) is 24.3 Å². The zero-order chi connectivity index (χ0) is 11.8. The minimum absolute atomic E-state index is 0.0232. The lowest BCUT2D eigenvalue weighted by atomic mass is 10.1. The van der Waals surface area contributed by atoms with Gasteiger partial charge >= 0.3 is 0 Å². The molecule has 0 aliphatic carbocycles. The van der Waals surface area contributed by atoms with E-state index < -0.39 is 0 Å². The molecule has 2 heterocycles. The highest BCUT2D eigenvalue weighted by atomic mass is 32.2. The molecule has 0 N–H and O–H groups in total. The first-order valence-electron chi connectivity index (χ1n) is 5.43. The summed E-state index contributed by atoms with van der Waals surface area (Å²) in [7, 11) is 1.60. The Hall–Kier alpha value is -1.49. The van der Waals surface area contributed by atoms with Crippen molar-refractivity contribution in [2.45, 2.75) is 0 Å². The molecular formula is C12H12N2O2S. The monoisotopic (exact) mass is 248 g/mol. The average Bonchev–Trinajstić information content (AvgIpc) is 2.93. The number of hydrogen-bond donors (Lipinski definition) is 0. The molecule has 0 radical (unpaired) electrons. The molecule has 0 spiro atoms. The summed E-state index contributed by atoms with van der Waals surface area (Å²) in [5, 5.41) is 5.89. The number of carbonyl (C=O) groups excluding carboxylic acids is 1. The van der Waals surface area contributed by atoms with Crippen molar-refractivity contribution in [2.75, 3.05) is 23.6 Å². The molecule has 0 aromatic heterocycles. The molecule has 88 valence electrons. The number of hydrogen-bond acceptors (Lipinski definition) is 4. The highest BCUT2D eigenvalue weighted by Gasteiger charge is 2.40. The Morgan fingerprint density at radius 1 is 1.47 bits per heavy atom. The second-order valence-electron chi connectivity index (χ2n) is 3.98. The number of rotatable bonds is 2. The normalized spacial score (nSPS) is 22.6. The number of carbonyl (C=O) groups is 1. The van der Waals surface area contributed by atoms with Crippen molar-refractivity contribution in [3.8, 4) is 5.75 Å². The van der Waals surface area contributed by atoms with Gasteiger partial charge in [-0.15, -0.1) is 0 Å². The summed E-state index contributed by atoms with van der Waals surface area (Å²) in [5.74, 6) is 2.43. The Morgan fingerprint density at radius 2 is 2.29 bits per heavy atom. The Bertz CT molecular complexity index is 501. The molecule has 0 saturated carbocycles. The van der Waals surface area contributed by atoms with Crippen LogP contribution in [0.1, 0.15) is 0 Å². The van der Waals surface area contributed by atoms with Gasteiger partial charge in [-0.2, -0.15) is 21.9 Å². The number of anilines is 1. The maximum absolute atomic E-state index is 12.2. The van der Waals surface area contributed by atoms with Gasteiger partial charge < -0.3 is 4.74 Å². The first-order chi connectivity index (χ1) is 8.31. The van der Waals surface area contributed by atoms with Gasteiger partial charge in [-0.1, -0.05) is 12.1 Å². The minimum Gasteiger partial charge on any atom is -0.494 e. The van der Waals surface area contributed by atoms with E-state index in [1.165, 1.54) is 5.01 Å². The van der Waals surface area contributed by atoms with Crippen LogP contribution >= 0.6 is 11.8 Å². The van der Waals surface area contributed by atoms with E-state index in [2.05, 4.69) is 5.10 Å². The Morgan fingerprint density at radius 3 is 3.06 bits per heavy atom. The molecule has 2 aliphatic rings. The summed E-state index contributed by atoms with van der Waals surface area (Å²) in [6, 6.07) is 7.46. The fourth-order valence-electron chi connectivity index (χ4n) is 2.09. The zero-order valence-corrected chi connectivity index (χ0v) is 10.2. The molecule has 3 rings (SSSR count). The van der Waals surface area contributed by atoms with Crippen molar-refractivity contribution in [3.05, 3.63) is 24.3 Å². The number of methoxy groups -OCH3 is 1. The molecule has 0 bridgehead atoms. The van der Waals surface area contributed by atoms with Crippen molar-refractivity contribution in [1.29, 1.82) is 0 Å². The number of benzene rings is 1. The number of nitrogens with zero attached hydrogens (tertiary/aromatic N) is 2. The van der Waals surface area contributed by atoms with Crippen LogP contribution in [0, 0.1) is 5.92 Å². The third-order valence-corrected chi connectivity index (χ3v) is 4.05. The Kier molecular flexibility index (Phi) is 2.55. The Balaban J connectivity index is 2.00. The average molecular weight is 248 g/mol. The number of ether oxygens (including phenoxy) is 1. The summed E-state index contributed by atoms with van der Waals surface area (Å²) in [6.45, 7) is 0. The fraction of sp³-hybridized carbons (Fsp3) is 0.333. The van der Waals surface area contributed by atoms with Gasteiger partial charge in [0.1, 0.15) is 11.4 Å². The van der Waals surface area contributed by atoms with Crippen molar-refractivity contribution in [2.24, 2.45) is 11.0 Å². The fourth-order valence-corrected chi connectivity index (χ4v) is 3.25. The highest BCUT2D eigenvalue weighted by Crippen LogP contribution is 2.35. The van der Waals surface area contributed by atoms with Crippen molar-refractivity contribution in [3.63, 3.8) is 0 Å². The summed E-state index contributed by atoms with van der Waals surface area (Å²) in [6.07, 6.45) is 0. The third-order valence-electron chi connectivity index (χ3n) is 2.99. The van der Waals surface area contributed by atoms with E-state index in [0.717, 1.165) is 22.9 Å². The SMILES string of the molecule is COc1ccccc1N1N=C2CSCC2C1=O. The third kappa shape index (κ3) is 1.61. The van der Waals surface area contributed by atoms with Gasteiger partial charge in [0.05, 0.1) is 18.7 Å². The zero-order valence-electron chi connectivity index (χ0n) is 9.42. The molecule has 1 aromatic carbocycles. The maximum atomic E-state index is 12.2. The van der Waals surface area contributed by atoms with Crippen LogP contribution in [0.15, 0.2) is 29.4 Å². The molecule has 1 unspecified atom stereocenters. The predicted octanol–water partition coefficient (Wildman–Crippen LogP) is 1.76. The van der Waals surface area contributed by atoms with E-state index in [4.69, 9.17) is 4.74 Å². The van der Waals surface area contributed by atoms with Crippen LogP contribution in [0.4, 0.5) is 5.69 Å². The van der Waals surface area contributed by atoms with Gasteiger partial charge in [-0.25, -0.2) is 0 Å². The van der Waals surface area contributed by atoms with Crippen LogP contribution in [0.5, 0.6) is 5.75 Å². The van der Waals surface area contributed by atoms with Gasteiger partial charge in [0.25, 0.3) is 5.91 Å². The van der Waals surface area contributed by atoms with Crippen LogP contribution in [0.3, 0.4) is 0 Å². The van der Waals surface area contributed by atoms with E-state index >= 15 is 0 Å². The van der Waals surface area contributed by atoms with Gasteiger partial charge in [-0.3, -0.25) is 4.79 Å². The van der Waals surface area contributed by atoms with Gasteiger partial charge in [0, 0.05) is 11.5 Å². The van der Waals surface area contributed by atoms with Crippen molar-refractivity contribution in [1.82, 2.24) is 0 Å². The molecule has 17 heavy (non-hydrogen) atoms. The van der Waals surface area contributed by atoms with Crippen LogP contribution in [-0.4, -0.2) is 30.2 Å². The lowest BCUT2D eigenvalue weighted by Gasteiger charge is -2.16. The molecule has 4 nitrogen and oxygen atoms in total. The summed E-state index contributed by atoms with van der Waals surface area (Å²) in [4.78, 5) is 12.2. The quantitative estimate of drug-likeness (QED) is 0.801. The molecule has 5 heteroatoms. The van der Waals surface area contributed by atoms with Gasteiger partial charge in [0.15, 0.2) is 0 Å². The number of hydrazone groups is 1. The number of para-hydroxylation sites is 2. The van der Waals surface area contributed by atoms with E-state index in [9.17, 15) is 4.79 Å². The van der Waals surface area contributed by atoms with Gasteiger partial charge in [0.2, 0.25) is 0 Å². The minimum atomic E-state index is -0.0232. The second-order valence-corrected chi connectivity index (χ2v) is 5.01. The second kappa shape index (κ2) is 4.07. The number of thioether (sulfide) groups is 1. The smallest absolute Gasteiger partial charge is 0.257 e. The molecule has 1 saturated heterocycles. The maximum Gasteiger partial charge on any atom is 0.257 e. The first kappa shape index (κ1) is 10.7. The molecule has 1 fully saturated rings. The van der Waals surface area contributed by atoms with E-state index in [1.54, 1.807) is 18.9 Å². The largest absolute Gasteiger partial charge is 0.494 e. The lowest BCUT2D eigenvalue weighted by Crippen LogP contribution is -2.27. The lowest BCUT2D eigenvalue weighted by molar-refractivity contribution is -0.119. The van der Waals surface area contributed by atoms with Crippen LogP contribution in [-0.2, 0) is 4.79 Å². The van der Waals surface area contributed by atoms with Gasteiger partial charge in [-0.05, 0) is 12.1 Å². The predicted molar refractivity (Wildman–Crippen MR) is 68.7 cm³/mol. The standard InChI is InChI=1S/C12H12N2O2S/c1-16-11-5-3-2-4-10(11)14-12(15)8-6-17-7-9(8)13-14/h2-5,8H,6-7H2,1H3. The van der Waals surface area contributed by atoms with Crippen LogP contribution in [0.2, 0.25) is 0 Å². The van der Waals surface area contributed by atoms with E-state index in [-0.39, 0.29) is 11.8 Å². The number of amides is 1. The Labute approximate surface area is 104 Å². The first-order valence-corrected chi connectivity index (χ1v) is 6.59. The molecule has 2 aliphatic heterocycles. The summed E-state index contributed by atoms with van der Waals surface area (Å²) < 4.78 is 5.26. The highest BCUT2D eigenvalue weighted by molar-refractivity contribution is 8.00. The topological polar surface area (TPSA) is 41.9 Å². The summed E-state index contributed by atoms with van der Waals surface area (Å²) in [5.41, 5.74) is 1.72. The molecule has 1 aromatic rings. The van der Waals surface area contributed by atoms with Crippen LogP contribution < -0.4 is 9.75 Å². The van der Waals surface area contributed by atoms with E-state index in [0.29, 0.717) is 5.75 Å². The van der Waals surface area contributed by atoms with Crippen molar-refractivity contribution >= 4 is 29.1 Å². The van der Waals surface area contributed by atoms with Crippen molar-refractivity contribution < 1.29 is 9.53 Å². The van der Waals surface area contributed by atoms with Crippen LogP contribution in [0.25, 0.3) is 0 Å². The molecular weight excluding hydrogens is 236 g/mol. The molecule has 1 atom stereocenters. The number of fused-ring (bicyclic) bond motifs is 1.